The maximum atomic E-state index is 4.97. The Balaban J connectivity index is 2.77. The van der Waals surface area contributed by atoms with Gasteiger partial charge in [0.1, 0.15) is 0 Å². The monoisotopic (exact) mass is 178 g/mol. The van der Waals surface area contributed by atoms with Crippen molar-refractivity contribution < 1.29 is 20.6 Å². The van der Waals surface area contributed by atoms with Gasteiger partial charge in [0.25, 0.3) is 0 Å². The topological polar surface area (TPSA) is 9.23 Å². The summed E-state index contributed by atoms with van der Waals surface area (Å²) < 4.78 is 5.83. The van der Waals surface area contributed by atoms with Gasteiger partial charge in [0.05, 0.1) is 0 Å². The van der Waals surface area contributed by atoms with Gasteiger partial charge in [-0.05, 0) is 0 Å². The molecule has 0 unspecified atom stereocenters. The van der Waals surface area contributed by atoms with E-state index in [0.29, 0.717) is 0 Å². The SMILES string of the molecule is CO[C](=[Cr])c1cccs1. The Morgan fingerprint density at radius 2 is 2.56 bits per heavy atom. The van der Waals surface area contributed by atoms with Crippen molar-refractivity contribution in [3.05, 3.63) is 22.4 Å². The van der Waals surface area contributed by atoms with Crippen LogP contribution < -0.4 is 0 Å². The van der Waals surface area contributed by atoms with Crippen LogP contribution >= 0.6 is 11.3 Å². The predicted octanol–water partition coefficient (Wildman–Crippen LogP) is 1.42. The molecule has 1 aromatic heterocycles. The fourth-order valence-electron chi connectivity index (χ4n) is 0.495. The molecule has 3 heteroatoms. The van der Waals surface area contributed by atoms with E-state index in [1.165, 1.54) is 0 Å². The molecule has 9 heavy (non-hydrogen) atoms. The van der Waals surface area contributed by atoms with Crippen molar-refractivity contribution in [3.8, 4) is 0 Å². The van der Waals surface area contributed by atoms with Crippen molar-refractivity contribution in [2.75, 3.05) is 7.11 Å². The van der Waals surface area contributed by atoms with Crippen LogP contribution in [0.5, 0.6) is 0 Å². The predicted molar refractivity (Wildman–Crippen MR) is 35.4 cm³/mol. The second kappa shape index (κ2) is 3.29. The summed E-state index contributed by atoms with van der Waals surface area (Å²) in [6, 6.07) is 4.01. The first kappa shape index (κ1) is 7.17. The van der Waals surface area contributed by atoms with Gasteiger partial charge in [-0.15, -0.1) is 0 Å². The van der Waals surface area contributed by atoms with Crippen molar-refractivity contribution in [1.29, 1.82) is 0 Å². The summed E-state index contributed by atoms with van der Waals surface area (Å²) >= 11 is 4.50. The van der Waals surface area contributed by atoms with Gasteiger partial charge in [-0.1, -0.05) is 0 Å². The van der Waals surface area contributed by atoms with Crippen molar-refractivity contribution in [3.63, 3.8) is 0 Å². The Labute approximate surface area is 66.2 Å². The van der Waals surface area contributed by atoms with Crippen LogP contribution in [-0.2, 0) is 20.6 Å². The molecule has 1 aromatic rings. The standard InChI is InChI=1S/C6H6OS.Cr/c1-7-5-6-3-2-4-8-6;/h2-4H,1H3;. The van der Waals surface area contributed by atoms with E-state index in [1.807, 2.05) is 17.5 Å². The fourth-order valence-corrected chi connectivity index (χ4v) is 1.47. The van der Waals surface area contributed by atoms with Gasteiger partial charge in [-0.3, -0.25) is 0 Å². The molecule has 0 atom stereocenters. The van der Waals surface area contributed by atoms with Crippen molar-refractivity contribution in [1.82, 2.24) is 0 Å². The van der Waals surface area contributed by atoms with Gasteiger partial charge in [0.2, 0.25) is 0 Å². The number of thiophene rings is 1. The Bertz CT molecular complexity index is 193. The average Bonchev–Trinajstić information content (AvgIpc) is 2.37. The van der Waals surface area contributed by atoms with E-state index in [9.17, 15) is 0 Å². The minimum atomic E-state index is 0.866. The van der Waals surface area contributed by atoms with Crippen LogP contribution in [0.25, 0.3) is 0 Å². The molecule has 0 aliphatic rings. The van der Waals surface area contributed by atoms with Crippen molar-refractivity contribution in [2.45, 2.75) is 0 Å². The summed E-state index contributed by atoms with van der Waals surface area (Å²) in [7, 11) is 1.66. The van der Waals surface area contributed by atoms with Crippen LogP contribution in [0.3, 0.4) is 0 Å². The Kier molecular flexibility index (Phi) is 2.62. The summed E-state index contributed by atoms with van der Waals surface area (Å²) in [6.07, 6.45) is 0. The second-order valence-electron chi connectivity index (χ2n) is 1.47. The molecule has 1 rings (SSSR count). The molecule has 0 bridgehead atoms. The number of rotatable bonds is 2. The average molecular weight is 178 g/mol. The van der Waals surface area contributed by atoms with Crippen LogP contribution in [-0.4, -0.2) is 11.7 Å². The van der Waals surface area contributed by atoms with Crippen LogP contribution in [0, 0.1) is 0 Å². The molecule has 0 fully saturated rings. The van der Waals surface area contributed by atoms with E-state index < -0.39 is 0 Å². The quantitative estimate of drug-likeness (QED) is 0.665. The molecule has 0 saturated carbocycles. The van der Waals surface area contributed by atoms with E-state index in [1.54, 1.807) is 18.4 Å². The first-order chi connectivity index (χ1) is 4.34. The first-order valence-electron chi connectivity index (χ1n) is 2.46. The van der Waals surface area contributed by atoms with Gasteiger partial charge in [0.15, 0.2) is 0 Å². The molecule has 0 radical (unpaired) electrons. The van der Waals surface area contributed by atoms with E-state index in [0.717, 1.165) is 9.44 Å². The van der Waals surface area contributed by atoms with Crippen LogP contribution in [0.1, 0.15) is 4.88 Å². The summed E-state index contributed by atoms with van der Waals surface area (Å²) in [4.78, 5) is 1.15. The van der Waals surface area contributed by atoms with Gasteiger partial charge in [0, 0.05) is 0 Å². The molecule has 0 aliphatic carbocycles. The van der Waals surface area contributed by atoms with Gasteiger partial charge in [-0.25, -0.2) is 0 Å². The maximum absolute atomic E-state index is 4.97. The molecule has 0 saturated heterocycles. The van der Waals surface area contributed by atoms with Gasteiger partial charge >= 0.3 is 66.0 Å². The Morgan fingerprint density at radius 3 is 3.00 bits per heavy atom. The third-order valence-corrected chi connectivity index (χ3v) is 2.59. The fraction of sp³-hybridized carbons (Fsp3) is 0.167. The van der Waals surface area contributed by atoms with E-state index in [2.05, 4.69) is 15.9 Å². The van der Waals surface area contributed by atoms with Crippen LogP contribution in [0.15, 0.2) is 17.5 Å². The zero-order valence-corrected chi connectivity index (χ0v) is 7.05. The summed E-state index contributed by atoms with van der Waals surface area (Å²) in [6.45, 7) is 0. The van der Waals surface area contributed by atoms with Crippen molar-refractivity contribution in [2.24, 2.45) is 0 Å². The van der Waals surface area contributed by atoms with E-state index in [4.69, 9.17) is 4.74 Å². The molecular weight excluding hydrogens is 172 g/mol. The Morgan fingerprint density at radius 1 is 1.78 bits per heavy atom. The third-order valence-electron chi connectivity index (χ3n) is 0.908. The number of hydrogen-bond acceptors (Lipinski definition) is 2. The zero-order chi connectivity index (χ0) is 6.69. The first-order valence-corrected chi connectivity index (χ1v) is 3.98. The zero-order valence-electron chi connectivity index (χ0n) is 4.96. The van der Waals surface area contributed by atoms with E-state index in [-0.39, 0.29) is 0 Å². The molecule has 0 N–H and O–H groups in total. The van der Waals surface area contributed by atoms with E-state index >= 15 is 0 Å². The number of methoxy groups -OCH3 is 1. The summed E-state index contributed by atoms with van der Waals surface area (Å²) in [5.41, 5.74) is 0. The molecule has 48 valence electrons. The number of ether oxygens (including phenoxy) is 1. The van der Waals surface area contributed by atoms with Crippen molar-refractivity contribution >= 4 is 15.9 Å². The van der Waals surface area contributed by atoms with Crippen LogP contribution in [0.4, 0.5) is 0 Å². The van der Waals surface area contributed by atoms with Crippen LogP contribution in [0.2, 0.25) is 0 Å². The third kappa shape index (κ3) is 1.74. The molecule has 0 amide bonds. The molecular formula is C6H6CrOS. The molecule has 0 spiro atoms. The summed E-state index contributed by atoms with van der Waals surface area (Å²) in [5.74, 6) is 0. The molecule has 0 aliphatic heterocycles. The normalized spacial score (nSPS) is 9.44. The number of hydrogen-bond donors (Lipinski definition) is 0. The molecule has 1 heterocycles. The van der Waals surface area contributed by atoms with Gasteiger partial charge < -0.3 is 0 Å². The second-order valence-corrected chi connectivity index (χ2v) is 3.00. The summed E-state index contributed by atoms with van der Waals surface area (Å²) in [5, 5.41) is 2.02. The molecule has 1 nitrogen and oxygen atoms in total. The minimum absolute atomic E-state index is 0.866. The van der Waals surface area contributed by atoms with Gasteiger partial charge in [-0.2, -0.15) is 0 Å². The Hall–Kier alpha value is 0.0625. The molecule has 0 aromatic carbocycles.